The Labute approximate surface area is 110 Å². The van der Waals surface area contributed by atoms with Crippen LogP contribution in [-0.2, 0) is 5.54 Å². The van der Waals surface area contributed by atoms with Gasteiger partial charge in [0.1, 0.15) is 0 Å². The van der Waals surface area contributed by atoms with Gasteiger partial charge < -0.3 is 10.6 Å². The number of rotatable bonds is 2. The fourth-order valence-electron chi connectivity index (χ4n) is 3.41. The second kappa shape index (κ2) is 4.30. The van der Waals surface area contributed by atoms with Crippen LogP contribution in [0.2, 0.25) is 0 Å². The maximum absolute atomic E-state index is 6.01. The van der Waals surface area contributed by atoms with Crippen molar-refractivity contribution >= 4 is 5.96 Å². The van der Waals surface area contributed by atoms with E-state index in [4.69, 9.17) is 5.73 Å². The highest BCUT2D eigenvalue weighted by Crippen LogP contribution is 2.36. The molecule has 2 rings (SSSR count). The summed E-state index contributed by atoms with van der Waals surface area (Å²) in [6, 6.07) is 4.49. The van der Waals surface area contributed by atoms with Crippen molar-refractivity contribution in [3.05, 3.63) is 34.4 Å². The largest absolute Gasteiger partial charge is 0.370 e. The highest BCUT2D eigenvalue weighted by Gasteiger charge is 2.40. The first kappa shape index (κ1) is 12.9. The number of likely N-dealkylation sites (N-methyl/N-ethyl adjacent to an activating group) is 1. The van der Waals surface area contributed by atoms with E-state index in [2.05, 4.69) is 56.6 Å². The zero-order valence-electron chi connectivity index (χ0n) is 12.0. The van der Waals surface area contributed by atoms with Crippen molar-refractivity contribution in [2.75, 3.05) is 13.1 Å². The maximum Gasteiger partial charge on any atom is 0.192 e. The van der Waals surface area contributed by atoms with Crippen LogP contribution in [0.25, 0.3) is 0 Å². The number of aliphatic imine (C=N–C) groups is 1. The highest BCUT2D eigenvalue weighted by molar-refractivity contribution is 5.81. The van der Waals surface area contributed by atoms with Gasteiger partial charge in [0, 0.05) is 6.54 Å². The Hall–Kier alpha value is -1.51. The van der Waals surface area contributed by atoms with Gasteiger partial charge >= 0.3 is 0 Å². The first-order valence-electron chi connectivity index (χ1n) is 6.56. The van der Waals surface area contributed by atoms with E-state index >= 15 is 0 Å². The predicted octanol–water partition coefficient (Wildman–Crippen LogP) is 2.48. The molecule has 0 spiro atoms. The van der Waals surface area contributed by atoms with E-state index in [-0.39, 0.29) is 5.54 Å². The third-order valence-electron chi connectivity index (χ3n) is 3.95. The average Bonchev–Trinajstić information content (AvgIpc) is 2.53. The molecular formula is C15H23N3. The lowest BCUT2D eigenvalue weighted by molar-refractivity contribution is 0.233. The molecule has 98 valence electrons. The van der Waals surface area contributed by atoms with Gasteiger partial charge in [-0.2, -0.15) is 0 Å². The Morgan fingerprint density at radius 3 is 2.33 bits per heavy atom. The number of nitrogens with zero attached hydrogens (tertiary/aromatic N) is 2. The number of aryl methyl sites for hydroxylation is 3. The van der Waals surface area contributed by atoms with E-state index in [0.717, 1.165) is 13.1 Å². The molecule has 0 saturated carbocycles. The molecule has 3 heteroatoms. The smallest absolute Gasteiger partial charge is 0.192 e. The number of nitrogens with two attached hydrogens (primary N) is 1. The van der Waals surface area contributed by atoms with E-state index in [1.807, 2.05) is 0 Å². The number of hydrogen-bond donors (Lipinski definition) is 1. The molecule has 18 heavy (non-hydrogen) atoms. The molecule has 1 unspecified atom stereocenters. The molecule has 1 atom stereocenters. The van der Waals surface area contributed by atoms with Crippen LogP contribution < -0.4 is 5.73 Å². The first-order valence-corrected chi connectivity index (χ1v) is 6.56. The molecule has 0 radical (unpaired) electrons. The lowest BCUT2D eigenvalue weighted by Gasteiger charge is -2.38. The van der Waals surface area contributed by atoms with E-state index in [0.29, 0.717) is 5.96 Å². The van der Waals surface area contributed by atoms with Crippen molar-refractivity contribution in [2.24, 2.45) is 10.7 Å². The summed E-state index contributed by atoms with van der Waals surface area (Å²) in [5.41, 5.74) is 11.3. The summed E-state index contributed by atoms with van der Waals surface area (Å²) in [5, 5.41) is 0. The van der Waals surface area contributed by atoms with Gasteiger partial charge in [-0.3, -0.25) is 4.99 Å². The molecule has 0 aromatic heterocycles. The van der Waals surface area contributed by atoms with Gasteiger partial charge in [0.2, 0.25) is 0 Å². The van der Waals surface area contributed by atoms with Gasteiger partial charge in [-0.05, 0) is 51.3 Å². The van der Waals surface area contributed by atoms with E-state index in [1.165, 1.54) is 22.3 Å². The Bertz CT molecular complexity index is 481. The van der Waals surface area contributed by atoms with E-state index in [1.54, 1.807) is 0 Å². The fraction of sp³-hybridized carbons (Fsp3) is 0.533. The zero-order chi connectivity index (χ0) is 13.5. The molecule has 1 aliphatic rings. The van der Waals surface area contributed by atoms with Crippen molar-refractivity contribution in [1.29, 1.82) is 0 Å². The normalized spacial score (nSPS) is 23.4. The van der Waals surface area contributed by atoms with Crippen molar-refractivity contribution in [1.82, 2.24) is 4.90 Å². The summed E-state index contributed by atoms with van der Waals surface area (Å²) >= 11 is 0. The SMILES string of the molecule is CCN1C(N)=NCC1(C)c1c(C)cc(C)cc1C. The van der Waals surface area contributed by atoms with Gasteiger partial charge in [-0.25, -0.2) is 0 Å². The van der Waals surface area contributed by atoms with Crippen molar-refractivity contribution < 1.29 is 0 Å². The summed E-state index contributed by atoms with van der Waals surface area (Å²) < 4.78 is 0. The van der Waals surface area contributed by atoms with Gasteiger partial charge in [0.15, 0.2) is 5.96 Å². The molecule has 1 aromatic rings. The Morgan fingerprint density at radius 1 is 1.28 bits per heavy atom. The molecule has 2 N–H and O–H groups in total. The predicted molar refractivity (Wildman–Crippen MR) is 76.9 cm³/mol. The number of guanidine groups is 1. The van der Waals surface area contributed by atoms with Crippen molar-refractivity contribution in [3.63, 3.8) is 0 Å². The molecule has 0 aliphatic carbocycles. The lowest BCUT2D eigenvalue weighted by Crippen LogP contribution is -2.48. The van der Waals surface area contributed by atoms with E-state index < -0.39 is 0 Å². The van der Waals surface area contributed by atoms with Gasteiger partial charge in [0.25, 0.3) is 0 Å². The summed E-state index contributed by atoms with van der Waals surface area (Å²) in [6.07, 6.45) is 0. The van der Waals surface area contributed by atoms with Crippen LogP contribution in [0.15, 0.2) is 17.1 Å². The topological polar surface area (TPSA) is 41.6 Å². The third kappa shape index (κ3) is 1.78. The number of hydrogen-bond acceptors (Lipinski definition) is 3. The summed E-state index contributed by atoms with van der Waals surface area (Å²) in [6.45, 7) is 12.5. The zero-order valence-corrected chi connectivity index (χ0v) is 12.0. The fourth-order valence-corrected chi connectivity index (χ4v) is 3.41. The van der Waals surface area contributed by atoms with E-state index in [9.17, 15) is 0 Å². The lowest BCUT2D eigenvalue weighted by atomic mass is 9.83. The van der Waals surface area contributed by atoms with Gasteiger partial charge in [0.05, 0.1) is 12.1 Å². The highest BCUT2D eigenvalue weighted by atomic mass is 15.3. The minimum atomic E-state index is -0.0965. The van der Waals surface area contributed by atoms with Crippen LogP contribution >= 0.6 is 0 Å². The molecule has 0 saturated heterocycles. The molecule has 0 bridgehead atoms. The van der Waals surface area contributed by atoms with Gasteiger partial charge in [-0.1, -0.05) is 17.7 Å². The standard InChI is InChI=1S/C15H23N3/c1-6-18-14(16)17-9-15(18,5)13-11(3)7-10(2)8-12(13)4/h7-8H,6,9H2,1-5H3,(H2,16,17). The van der Waals surface area contributed by atoms with Crippen molar-refractivity contribution in [2.45, 2.75) is 40.2 Å². The van der Waals surface area contributed by atoms with Crippen LogP contribution in [0.4, 0.5) is 0 Å². The Balaban J connectivity index is 2.56. The van der Waals surface area contributed by atoms with Crippen LogP contribution in [0.1, 0.15) is 36.1 Å². The Kier molecular flexibility index (Phi) is 3.09. The number of benzene rings is 1. The summed E-state index contributed by atoms with van der Waals surface area (Å²) in [5.74, 6) is 0.666. The van der Waals surface area contributed by atoms with Crippen LogP contribution in [0, 0.1) is 20.8 Å². The summed E-state index contributed by atoms with van der Waals surface area (Å²) in [7, 11) is 0. The molecule has 0 fully saturated rings. The third-order valence-corrected chi connectivity index (χ3v) is 3.95. The quantitative estimate of drug-likeness (QED) is 0.869. The van der Waals surface area contributed by atoms with Crippen LogP contribution in [0.5, 0.6) is 0 Å². The molecule has 1 aromatic carbocycles. The molecular weight excluding hydrogens is 222 g/mol. The molecule has 3 nitrogen and oxygen atoms in total. The second-order valence-corrected chi connectivity index (χ2v) is 5.47. The van der Waals surface area contributed by atoms with Crippen LogP contribution in [0.3, 0.4) is 0 Å². The second-order valence-electron chi connectivity index (χ2n) is 5.47. The van der Waals surface area contributed by atoms with Crippen LogP contribution in [-0.4, -0.2) is 23.9 Å². The Morgan fingerprint density at radius 2 is 1.83 bits per heavy atom. The van der Waals surface area contributed by atoms with Crippen molar-refractivity contribution in [3.8, 4) is 0 Å². The minimum absolute atomic E-state index is 0.0965. The monoisotopic (exact) mass is 245 g/mol. The maximum atomic E-state index is 6.01. The first-order chi connectivity index (χ1) is 8.40. The molecule has 1 heterocycles. The minimum Gasteiger partial charge on any atom is -0.370 e. The van der Waals surface area contributed by atoms with Gasteiger partial charge in [-0.15, -0.1) is 0 Å². The summed E-state index contributed by atoms with van der Waals surface area (Å²) in [4.78, 5) is 6.65. The molecule has 1 aliphatic heterocycles. The average molecular weight is 245 g/mol. The molecule has 0 amide bonds.